The molecule has 0 aliphatic carbocycles. The maximum absolute atomic E-state index is 10.4. The summed E-state index contributed by atoms with van der Waals surface area (Å²) in [4.78, 5) is 18.1. The van der Waals surface area contributed by atoms with E-state index < -0.39 is 0 Å². The first kappa shape index (κ1) is 10.9. The van der Waals surface area contributed by atoms with Crippen molar-refractivity contribution in [1.29, 1.82) is 0 Å². The molecule has 0 spiro atoms. The van der Waals surface area contributed by atoms with Crippen LogP contribution >= 0.6 is 0 Å². The van der Waals surface area contributed by atoms with Gasteiger partial charge >= 0.3 is 0 Å². The van der Waals surface area contributed by atoms with Crippen LogP contribution in [0.5, 0.6) is 0 Å². The molecule has 4 heteroatoms. The summed E-state index contributed by atoms with van der Waals surface area (Å²) in [6.07, 6.45) is 1.31. The Balaban J connectivity index is 2.92. The SMILES string of the molecule is CNCc1nc(C(C)C)[nH]c1CC=O. The average molecular weight is 195 g/mol. The molecule has 0 radical (unpaired) electrons. The molecule has 0 bridgehead atoms. The van der Waals surface area contributed by atoms with Crippen molar-refractivity contribution in [2.45, 2.75) is 32.7 Å². The van der Waals surface area contributed by atoms with Crippen molar-refractivity contribution in [2.24, 2.45) is 0 Å². The highest BCUT2D eigenvalue weighted by Crippen LogP contribution is 2.14. The van der Waals surface area contributed by atoms with Crippen LogP contribution in [0, 0.1) is 0 Å². The lowest BCUT2D eigenvalue weighted by Gasteiger charge is -1.96. The van der Waals surface area contributed by atoms with E-state index in [1.54, 1.807) is 0 Å². The molecule has 4 nitrogen and oxygen atoms in total. The van der Waals surface area contributed by atoms with Crippen LogP contribution in [-0.2, 0) is 17.8 Å². The van der Waals surface area contributed by atoms with Crippen molar-refractivity contribution in [3.63, 3.8) is 0 Å². The summed E-state index contributed by atoms with van der Waals surface area (Å²) in [5.74, 6) is 1.32. The first-order chi connectivity index (χ1) is 6.69. The third-order valence-corrected chi connectivity index (χ3v) is 2.06. The predicted octanol–water partition coefficient (Wildman–Crippen LogP) is 0.994. The van der Waals surface area contributed by atoms with Crippen LogP contribution < -0.4 is 5.32 Å². The van der Waals surface area contributed by atoms with Crippen molar-refractivity contribution in [3.05, 3.63) is 17.2 Å². The molecule has 0 unspecified atom stereocenters. The van der Waals surface area contributed by atoms with Gasteiger partial charge in [-0.05, 0) is 7.05 Å². The number of nitrogens with zero attached hydrogens (tertiary/aromatic N) is 1. The molecule has 0 amide bonds. The van der Waals surface area contributed by atoms with E-state index in [-0.39, 0.29) is 0 Å². The zero-order chi connectivity index (χ0) is 10.6. The summed E-state index contributed by atoms with van der Waals surface area (Å²) in [5.41, 5.74) is 1.88. The minimum Gasteiger partial charge on any atom is -0.345 e. The van der Waals surface area contributed by atoms with Crippen LogP contribution in [0.25, 0.3) is 0 Å². The molecule has 0 fully saturated rings. The van der Waals surface area contributed by atoms with E-state index in [4.69, 9.17) is 0 Å². The minimum atomic E-state index is 0.367. The lowest BCUT2D eigenvalue weighted by Crippen LogP contribution is -2.08. The number of H-pyrrole nitrogens is 1. The number of imidazole rings is 1. The average Bonchev–Trinajstić information content (AvgIpc) is 2.50. The number of rotatable bonds is 5. The van der Waals surface area contributed by atoms with E-state index in [0.29, 0.717) is 18.9 Å². The predicted molar refractivity (Wildman–Crippen MR) is 55.2 cm³/mol. The van der Waals surface area contributed by atoms with E-state index in [0.717, 1.165) is 23.5 Å². The van der Waals surface area contributed by atoms with Crippen LogP contribution in [0.15, 0.2) is 0 Å². The Morgan fingerprint density at radius 3 is 2.79 bits per heavy atom. The number of aromatic nitrogens is 2. The second-order valence-electron chi connectivity index (χ2n) is 3.60. The maximum Gasteiger partial charge on any atom is 0.125 e. The normalized spacial score (nSPS) is 10.9. The molecule has 1 aromatic heterocycles. The van der Waals surface area contributed by atoms with Crippen LogP contribution in [0.4, 0.5) is 0 Å². The van der Waals surface area contributed by atoms with E-state index in [2.05, 4.69) is 29.1 Å². The standard InChI is InChI=1S/C10H17N3O/c1-7(2)10-12-8(4-5-14)9(13-10)6-11-3/h5,7,11H,4,6H2,1-3H3,(H,12,13). The Bertz CT molecular complexity index is 304. The zero-order valence-electron chi connectivity index (χ0n) is 8.92. The van der Waals surface area contributed by atoms with Crippen molar-refractivity contribution >= 4 is 6.29 Å². The second-order valence-corrected chi connectivity index (χ2v) is 3.60. The smallest absolute Gasteiger partial charge is 0.125 e. The summed E-state index contributed by atoms with van der Waals surface area (Å²) >= 11 is 0. The Kier molecular flexibility index (Phi) is 3.83. The fourth-order valence-electron chi connectivity index (χ4n) is 1.31. The monoisotopic (exact) mass is 195 g/mol. The van der Waals surface area contributed by atoms with Gasteiger partial charge in [0.15, 0.2) is 0 Å². The third kappa shape index (κ3) is 2.42. The summed E-state index contributed by atoms with van der Waals surface area (Å²) in [7, 11) is 1.87. The van der Waals surface area contributed by atoms with E-state index >= 15 is 0 Å². The quantitative estimate of drug-likeness (QED) is 0.689. The molecule has 0 saturated heterocycles. The molecule has 1 aromatic rings. The van der Waals surface area contributed by atoms with Gasteiger partial charge in [0.05, 0.1) is 5.69 Å². The molecule has 14 heavy (non-hydrogen) atoms. The van der Waals surface area contributed by atoms with Crippen LogP contribution in [0.2, 0.25) is 0 Å². The fourth-order valence-corrected chi connectivity index (χ4v) is 1.31. The number of hydrogen-bond acceptors (Lipinski definition) is 3. The fraction of sp³-hybridized carbons (Fsp3) is 0.600. The van der Waals surface area contributed by atoms with Crippen molar-refractivity contribution < 1.29 is 4.79 Å². The van der Waals surface area contributed by atoms with Gasteiger partial charge < -0.3 is 15.1 Å². The van der Waals surface area contributed by atoms with Gasteiger partial charge in [-0.1, -0.05) is 13.8 Å². The summed E-state index contributed by atoms with van der Waals surface area (Å²) in [5, 5.41) is 3.04. The number of aromatic amines is 1. The van der Waals surface area contributed by atoms with Crippen molar-refractivity contribution in [2.75, 3.05) is 7.05 Å². The molecular formula is C10H17N3O. The van der Waals surface area contributed by atoms with E-state index in [9.17, 15) is 4.79 Å². The molecule has 0 aliphatic heterocycles. The lowest BCUT2D eigenvalue weighted by molar-refractivity contribution is -0.107. The molecule has 1 rings (SSSR count). The molecule has 0 atom stereocenters. The summed E-state index contributed by atoms with van der Waals surface area (Å²) in [6.45, 7) is 4.85. The number of carbonyl (C=O) groups excluding carboxylic acids is 1. The molecular weight excluding hydrogens is 178 g/mol. The zero-order valence-corrected chi connectivity index (χ0v) is 8.92. The lowest BCUT2D eigenvalue weighted by atomic mass is 10.2. The number of hydrogen-bond donors (Lipinski definition) is 2. The highest BCUT2D eigenvalue weighted by atomic mass is 16.1. The number of nitrogens with one attached hydrogen (secondary N) is 2. The Morgan fingerprint density at radius 2 is 2.29 bits per heavy atom. The molecule has 0 saturated carbocycles. The number of aldehydes is 1. The van der Waals surface area contributed by atoms with Crippen LogP contribution in [0.3, 0.4) is 0 Å². The van der Waals surface area contributed by atoms with Gasteiger partial charge in [-0.2, -0.15) is 0 Å². The van der Waals surface area contributed by atoms with Gasteiger partial charge in [0, 0.05) is 24.6 Å². The van der Waals surface area contributed by atoms with Crippen molar-refractivity contribution in [1.82, 2.24) is 15.3 Å². The highest BCUT2D eigenvalue weighted by molar-refractivity contribution is 5.54. The maximum atomic E-state index is 10.4. The second kappa shape index (κ2) is 4.91. The van der Waals surface area contributed by atoms with Gasteiger partial charge in [0.1, 0.15) is 12.1 Å². The number of carbonyl (C=O) groups is 1. The Morgan fingerprint density at radius 1 is 1.57 bits per heavy atom. The first-order valence-electron chi connectivity index (χ1n) is 4.85. The molecule has 0 aromatic carbocycles. The third-order valence-electron chi connectivity index (χ3n) is 2.06. The van der Waals surface area contributed by atoms with Crippen LogP contribution in [-0.4, -0.2) is 23.3 Å². The van der Waals surface area contributed by atoms with Gasteiger partial charge in [-0.25, -0.2) is 4.98 Å². The molecule has 78 valence electrons. The van der Waals surface area contributed by atoms with Crippen molar-refractivity contribution in [3.8, 4) is 0 Å². The molecule has 2 N–H and O–H groups in total. The summed E-state index contributed by atoms with van der Waals surface area (Å²) < 4.78 is 0. The Labute approximate surface area is 84.1 Å². The molecule has 1 heterocycles. The topological polar surface area (TPSA) is 57.8 Å². The summed E-state index contributed by atoms with van der Waals surface area (Å²) in [6, 6.07) is 0. The largest absolute Gasteiger partial charge is 0.345 e. The van der Waals surface area contributed by atoms with Gasteiger partial charge in [-0.15, -0.1) is 0 Å². The Hall–Kier alpha value is -1.16. The van der Waals surface area contributed by atoms with Gasteiger partial charge in [-0.3, -0.25) is 0 Å². The van der Waals surface area contributed by atoms with E-state index in [1.807, 2.05) is 7.05 Å². The van der Waals surface area contributed by atoms with E-state index in [1.165, 1.54) is 0 Å². The van der Waals surface area contributed by atoms with Crippen LogP contribution in [0.1, 0.15) is 37.0 Å². The van der Waals surface area contributed by atoms with Gasteiger partial charge in [0.25, 0.3) is 0 Å². The van der Waals surface area contributed by atoms with Gasteiger partial charge in [0.2, 0.25) is 0 Å². The molecule has 0 aliphatic rings. The highest BCUT2D eigenvalue weighted by Gasteiger charge is 2.10. The first-order valence-corrected chi connectivity index (χ1v) is 4.85. The minimum absolute atomic E-state index is 0.367.